The largest absolute Gasteiger partial charge is 0.314 e. The maximum absolute atomic E-state index is 3.42. The summed E-state index contributed by atoms with van der Waals surface area (Å²) in [5.74, 6) is 0. The third kappa shape index (κ3) is 1.43. The number of rotatable bonds is 0. The third-order valence-electron chi connectivity index (χ3n) is 1.82. The van der Waals surface area contributed by atoms with Crippen LogP contribution >= 0.6 is 0 Å². The lowest BCUT2D eigenvalue weighted by atomic mass is 9.93. The first kappa shape index (κ1) is 7.03. The third-order valence-corrected chi connectivity index (χ3v) is 1.82. The van der Waals surface area contributed by atoms with Crippen molar-refractivity contribution >= 4 is 0 Å². The van der Waals surface area contributed by atoms with E-state index in [2.05, 4.69) is 10.6 Å². The van der Waals surface area contributed by atoms with E-state index in [0.29, 0.717) is 0 Å². The standard InChI is InChI=1S/C5H10N2.C2H6.H2/c1-4-2-6-3-5(1)7-4;1-2;/h4-7H,1-3H2;1-2H3;1H. The van der Waals surface area contributed by atoms with Crippen molar-refractivity contribution in [2.24, 2.45) is 0 Å². The van der Waals surface area contributed by atoms with Gasteiger partial charge in [-0.15, -0.1) is 0 Å². The van der Waals surface area contributed by atoms with Gasteiger partial charge in [0, 0.05) is 26.6 Å². The topological polar surface area (TPSA) is 24.1 Å². The van der Waals surface area contributed by atoms with Gasteiger partial charge < -0.3 is 10.6 Å². The highest BCUT2D eigenvalue weighted by atomic mass is 15.1. The summed E-state index contributed by atoms with van der Waals surface area (Å²) < 4.78 is 0. The molecule has 0 aromatic rings. The molecule has 3 aliphatic rings. The molecule has 3 fully saturated rings. The second kappa shape index (κ2) is 3.18. The Labute approximate surface area is 58.5 Å². The van der Waals surface area contributed by atoms with E-state index >= 15 is 0 Å². The van der Waals surface area contributed by atoms with Crippen molar-refractivity contribution in [2.75, 3.05) is 13.1 Å². The fourth-order valence-corrected chi connectivity index (χ4v) is 1.37. The number of hydrogen-bond acceptors (Lipinski definition) is 2. The van der Waals surface area contributed by atoms with Gasteiger partial charge in [0.1, 0.15) is 0 Å². The van der Waals surface area contributed by atoms with Crippen LogP contribution in [0.5, 0.6) is 0 Å². The SMILES string of the molecule is C1NCC2CC1N2.CC.[HH]. The number of piperidine rings is 1. The maximum Gasteiger partial charge on any atom is 0.0210 e. The molecule has 3 heterocycles. The van der Waals surface area contributed by atoms with Crippen molar-refractivity contribution < 1.29 is 1.43 Å². The van der Waals surface area contributed by atoms with E-state index < -0.39 is 0 Å². The van der Waals surface area contributed by atoms with Crippen molar-refractivity contribution in [3.8, 4) is 0 Å². The van der Waals surface area contributed by atoms with Crippen molar-refractivity contribution in [3.63, 3.8) is 0 Å². The predicted octanol–water partition coefficient (Wildman–Crippen LogP) is 0.592. The van der Waals surface area contributed by atoms with Gasteiger partial charge in [-0.05, 0) is 6.42 Å². The molecular weight excluding hydrogens is 112 g/mol. The second-order valence-electron chi connectivity index (χ2n) is 2.45. The van der Waals surface area contributed by atoms with Crippen LogP contribution in [-0.4, -0.2) is 25.2 Å². The molecule has 0 saturated carbocycles. The van der Waals surface area contributed by atoms with Gasteiger partial charge in [0.2, 0.25) is 0 Å². The molecule has 0 spiro atoms. The van der Waals surface area contributed by atoms with Crippen molar-refractivity contribution in [3.05, 3.63) is 0 Å². The molecule has 0 aromatic heterocycles. The van der Waals surface area contributed by atoms with Crippen LogP contribution in [0.25, 0.3) is 0 Å². The lowest BCUT2D eigenvalue weighted by molar-refractivity contribution is 0.201. The Kier molecular flexibility index (Phi) is 2.49. The minimum absolute atomic E-state index is 0. The molecule has 3 rings (SSSR count). The molecule has 0 aliphatic carbocycles. The molecule has 2 nitrogen and oxygen atoms in total. The first-order valence-electron chi connectivity index (χ1n) is 3.92. The summed E-state index contributed by atoms with van der Waals surface area (Å²) in [5.41, 5.74) is 0. The van der Waals surface area contributed by atoms with Gasteiger partial charge >= 0.3 is 0 Å². The van der Waals surface area contributed by atoms with Crippen LogP contribution in [0.2, 0.25) is 0 Å². The molecule has 2 unspecified atom stereocenters. The normalized spacial score (nSPS) is 38.0. The Hall–Kier alpha value is -0.0800. The van der Waals surface area contributed by atoms with Gasteiger partial charge in [-0.2, -0.15) is 0 Å². The number of nitrogens with one attached hydrogen (secondary N) is 2. The molecule has 3 aliphatic heterocycles. The average molecular weight is 130 g/mol. The summed E-state index contributed by atoms with van der Waals surface area (Å²) in [6.07, 6.45) is 1.41. The monoisotopic (exact) mass is 130 g/mol. The maximum atomic E-state index is 3.42. The van der Waals surface area contributed by atoms with E-state index in [4.69, 9.17) is 0 Å². The molecule has 2 N–H and O–H groups in total. The van der Waals surface area contributed by atoms with Crippen LogP contribution in [0.4, 0.5) is 0 Å². The summed E-state index contributed by atoms with van der Waals surface area (Å²) in [6, 6.07) is 1.64. The van der Waals surface area contributed by atoms with E-state index in [1.807, 2.05) is 13.8 Å². The van der Waals surface area contributed by atoms with Gasteiger partial charge in [-0.1, -0.05) is 13.8 Å². The summed E-state index contributed by atoms with van der Waals surface area (Å²) in [5, 5.41) is 6.74. The molecule has 2 atom stereocenters. The Morgan fingerprint density at radius 3 is 1.78 bits per heavy atom. The average Bonchev–Trinajstić information content (AvgIpc) is 1.93. The van der Waals surface area contributed by atoms with Gasteiger partial charge in [-0.3, -0.25) is 0 Å². The van der Waals surface area contributed by atoms with Crippen molar-refractivity contribution in [1.82, 2.24) is 10.6 Å². The smallest absolute Gasteiger partial charge is 0.0210 e. The van der Waals surface area contributed by atoms with Crippen LogP contribution in [0.3, 0.4) is 0 Å². The van der Waals surface area contributed by atoms with Crippen LogP contribution in [0.15, 0.2) is 0 Å². The van der Waals surface area contributed by atoms with E-state index in [1.165, 1.54) is 19.5 Å². The zero-order valence-electron chi connectivity index (χ0n) is 6.28. The minimum atomic E-state index is 0. The molecule has 0 radical (unpaired) electrons. The Bertz CT molecular complexity index is 68.2. The molecule has 3 saturated heterocycles. The van der Waals surface area contributed by atoms with E-state index in [-0.39, 0.29) is 1.43 Å². The van der Waals surface area contributed by atoms with Crippen molar-refractivity contribution in [1.29, 1.82) is 0 Å². The molecule has 56 valence electrons. The molecular formula is C7H18N2. The van der Waals surface area contributed by atoms with E-state index in [0.717, 1.165) is 12.1 Å². The number of piperazine rings is 1. The minimum Gasteiger partial charge on any atom is -0.314 e. The lowest BCUT2D eigenvalue weighted by Crippen LogP contribution is -2.65. The molecule has 0 aromatic carbocycles. The molecule has 9 heavy (non-hydrogen) atoms. The quantitative estimate of drug-likeness (QED) is 0.501. The summed E-state index contributed by atoms with van der Waals surface area (Å²) in [7, 11) is 0. The summed E-state index contributed by atoms with van der Waals surface area (Å²) in [4.78, 5) is 0. The fraction of sp³-hybridized carbons (Fsp3) is 1.00. The first-order valence-corrected chi connectivity index (χ1v) is 3.92. The molecule has 2 bridgehead atoms. The lowest BCUT2D eigenvalue weighted by Gasteiger charge is -2.42. The van der Waals surface area contributed by atoms with E-state index in [9.17, 15) is 0 Å². The fourth-order valence-electron chi connectivity index (χ4n) is 1.37. The Balaban J connectivity index is 0.000000251. The molecule has 0 amide bonds. The Morgan fingerprint density at radius 1 is 1.22 bits per heavy atom. The number of fused-ring (bicyclic) bond motifs is 2. The highest BCUT2D eigenvalue weighted by Crippen LogP contribution is 2.13. The van der Waals surface area contributed by atoms with Crippen LogP contribution in [-0.2, 0) is 0 Å². The zero-order valence-corrected chi connectivity index (χ0v) is 6.28. The number of hydrogen-bond donors (Lipinski definition) is 2. The van der Waals surface area contributed by atoms with Gasteiger partial charge in [0.25, 0.3) is 0 Å². The highest BCUT2D eigenvalue weighted by molar-refractivity contribution is 4.95. The second-order valence-corrected chi connectivity index (χ2v) is 2.45. The van der Waals surface area contributed by atoms with Gasteiger partial charge in [0.15, 0.2) is 0 Å². The highest BCUT2D eigenvalue weighted by Gasteiger charge is 2.31. The first-order chi connectivity index (χ1) is 4.45. The zero-order chi connectivity index (χ0) is 6.69. The van der Waals surface area contributed by atoms with E-state index in [1.54, 1.807) is 0 Å². The van der Waals surface area contributed by atoms with Crippen molar-refractivity contribution in [2.45, 2.75) is 32.4 Å². The van der Waals surface area contributed by atoms with Crippen LogP contribution in [0, 0.1) is 0 Å². The summed E-state index contributed by atoms with van der Waals surface area (Å²) >= 11 is 0. The summed E-state index contributed by atoms with van der Waals surface area (Å²) in [6.45, 7) is 6.38. The molecule has 2 heteroatoms. The predicted molar refractivity (Wildman–Crippen MR) is 41.7 cm³/mol. The Morgan fingerprint density at radius 2 is 1.67 bits per heavy atom. The van der Waals surface area contributed by atoms with Gasteiger partial charge in [-0.25, -0.2) is 0 Å². The van der Waals surface area contributed by atoms with Gasteiger partial charge in [0.05, 0.1) is 0 Å². The van der Waals surface area contributed by atoms with Crippen LogP contribution in [0.1, 0.15) is 21.7 Å². The van der Waals surface area contributed by atoms with Crippen LogP contribution < -0.4 is 10.6 Å².